The van der Waals surface area contributed by atoms with Gasteiger partial charge in [0.1, 0.15) is 0 Å². The molecular weight excluding hydrogens is 256 g/mol. The molecule has 0 atom stereocenters. The minimum Gasteiger partial charge on any atom is -0.235 e. The van der Waals surface area contributed by atoms with Gasteiger partial charge in [0.2, 0.25) is 0 Å². The molecule has 4 nitrogen and oxygen atoms in total. The second-order valence-corrected chi connectivity index (χ2v) is 6.79. The molecule has 0 saturated heterocycles. The molecule has 0 saturated carbocycles. The molecule has 0 fully saturated rings. The van der Waals surface area contributed by atoms with Crippen molar-refractivity contribution in [2.75, 3.05) is 13.2 Å². The van der Waals surface area contributed by atoms with Crippen molar-refractivity contribution >= 4 is 0 Å². The summed E-state index contributed by atoms with van der Waals surface area (Å²) < 4.78 is 0. The Labute approximate surface area is 124 Å². The van der Waals surface area contributed by atoms with Gasteiger partial charge in [0.05, 0.1) is 13.2 Å². The van der Waals surface area contributed by atoms with Gasteiger partial charge in [-0.25, -0.2) is 19.6 Å². The van der Waals surface area contributed by atoms with E-state index in [4.69, 9.17) is 19.6 Å². The van der Waals surface area contributed by atoms with Crippen LogP contribution in [0.1, 0.15) is 55.4 Å². The third-order valence-electron chi connectivity index (χ3n) is 2.00. The number of hydrogen-bond donors (Lipinski definition) is 0. The molecule has 20 heavy (non-hydrogen) atoms. The van der Waals surface area contributed by atoms with E-state index in [0.29, 0.717) is 25.0 Å². The van der Waals surface area contributed by atoms with Gasteiger partial charge >= 0.3 is 0 Å². The van der Waals surface area contributed by atoms with E-state index in [0.717, 1.165) is 0 Å². The van der Waals surface area contributed by atoms with E-state index in [1.807, 2.05) is 27.7 Å². The molecule has 0 aliphatic rings. The molecule has 118 valence electrons. The van der Waals surface area contributed by atoms with Crippen molar-refractivity contribution in [1.82, 2.24) is 0 Å². The summed E-state index contributed by atoms with van der Waals surface area (Å²) >= 11 is 0. The van der Waals surface area contributed by atoms with Crippen LogP contribution in [-0.4, -0.2) is 24.4 Å². The Balaban J connectivity index is 4.29. The van der Waals surface area contributed by atoms with Crippen LogP contribution in [0.5, 0.6) is 0 Å². The van der Waals surface area contributed by atoms with Gasteiger partial charge in [-0.05, 0) is 39.5 Å². The first kappa shape index (κ1) is 19.4. The van der Waals surface area contributed by atoms with Gasteiger partial charge in [-0.3, -0.25) is 0 Å². The van der Waals surface area contributed by atoms with Crippen LogP contribution in [0.4, 0.5) is 0 Å². The van der Waals surface area contributed by atoms with Crippen molar-refractivity contribution in [3.63, 3.8) is 0 Å². The van der Waals surface area contributed by atoms with Crippen LogP contribution < -0.4 is 0 Å². The molecular formula is C16H30O4. The van der Waals surface area contributed by atoms with Gasteiger partial charge in [-0.2, -0.15) is 0 Å². The lowest BCUT2D eigenvalue weighted by molar-refractivity contribution is -0.344. The minimum absolute atomic E-state index is 0.419. The highest BCUT2D eigenvalue weighted by atomic mass is 17.2. The van der Waals surface area contributed by atoms with E-state index in [1.54, 1.807) is 0 Å². The first-order valence-electron chi connectivity index (χ1n) is 7.19. The zero-order chi connectivity index (χ0) is 15.8. The molecule has 0 unspecified atom stereocenters. The second-order valence-electron chi connectivity index (χ2n) is 6.79. The summed E-state index contributed by atoms with van der Waals surface area (Å²) in [6.45, 7) is 16.7. The van der Waals surface area contributed by atoms with E-state index in [-0.39, 0.29) is 0 Å². The van der Waals surface area contributed by atoms with Crippen molar-refractivity contribution in [2.45, 2.75) is 66.6 Å². The van der Waals surface area contributed by atoms with Crippen LogP contribution in [0.25, 0.3) is 0 Å². The van der Waals surface area contributed by atoms with Gasteiger partial charge in [0, 0.05) is 0 Å². The van der Waals surface area contributed by atoms with Crippen molar-refractivity contribution < 1.29 is 19.6 Å². The maximum Gasteiger partial charge on any atom is 0.158 e. The molecule has 0 aromatic carbocycles. The third-order valence-corrected chi connectivity index (χ3v) is 2.00. The average molecular weight is 286 g/mol. The zero-order valence-corrected chi connectivity index (χ0v) is 14.2. The predicted octanol–water partition coefficient (Wildman–Crippen LogP) is 3.76. The van der Waals surface area contributed by atoms with Crippen LogP contribution >= 0.6 is 0 Å². The average Bonchev–Trinajstić information content (AvgIpc) is 2.25. The highest BCUT2D eigenvalue weighted by molar-refractivity contribution is 5.17. The first-order chi connectivity index (χ1) is 9.04. The second kappa shape index (κ2) is 8.63. The summed E-state index contributed by atoms with van der Waals surface area (Å²) in [6, 6.07) is 0. The monoisotopic (exact) mass is 286 g/mol. The quantitative estimate of drug-likeness (QED) is 0.387. The summed E-state index contributed by atoms with van der Waals surface area (Å²) in [5.41, 5.74) is -1.37. The fourth-order valence-electron chi connectivity index (χ4n) is 0.978. The molecule has 0 amide bonds. The van der Waals surface area contributed by atoms with Crippen LogP contribution in [0.3, 0.4) is 0 Å². The van der Waals surface area contributed by atoms with Gasteiger partial charge in [0.15, 0.2) is 11.2 Å². The highest BCUT2D eigenvalue weighted by Crippen LogP contribution is 2.13. The van der Waals surface area contributed by atoms with E-state index in [1.165, 1.54) is 0 Å². The van der Waals surface area contributed by atoms with Gasteiger partial charge < -0.3 is 0 Å². The Bertz CT molecular complexity index is 291. The largest absolute Gasteiger partial charge is 0.235 e. The summed E-state index contributed by atoms with van der Waals surface area (Å²) in [4.78, 5) is 20.9. The zero-order valence-electron chi connectivity index (χ0n) is 14.2. The van der Waals surface area contributed by atoms with Crippen molar-refractivity contribution in [3.8, 4) is 11.8 Å². The lowest BCUT2D eigenvalue weighted by Gasteiger charge is -2.21. The maximum absolute atomic E-state index is 5.31. The molecule has 0 bridgehead atoms. The van der Waals surface area contributed by atoms with Crippen molar-refractivity contribution in [1.29, 1.82) is 0 Å². The molecule has 0 spiro atoms. The first-order valence-corrected chi connectivity index (χ1v) is 7.19. The number of hydrogen-bond acceptors (Lipinski definition) is 4. The van der Waals surface area contributed by atoms with Crippen molar-refractivity contribution in [3.05, 3.63) is 0 Å². The fourth-order valence-corrected chi connectivity index (χ4v) is 0.978. The molecule has 0 aromatic heterocycles. The normalized spacial score (nSPS) is 12.7. The molecule has 0 heterocycles. The molecule has 4 heteroatoms. The van der Waals surface area contributed by atoms with E-state index < -0.39 is 11.2 Å². The van der Waals surface area contributed by atoms with Crippen LogP contribution in [0.2, 0.25) is 0 Å². The SMILES string of the molecule is CC(C)COOC(C)(C)C#CC(C)(C)OOCC(C)C. The standard InChI is InChI=1S/C16H30O4/c1-13(2)11-17-19-15(5,6)9-10-16(7,8)20-18-12-14(3)4/h13-14H,11-12H2,1-8H3. The van der Waals surface area contributed by atoms with Crippen LogP contribution in [0.15, 0.2) is 0 Å². The fraction of sp³-hybridized carbons (Fsp3) is 0.875. The Morgan fingerprint density at radius 2 is 1.00 bits per heavy atom. The topological polar surface area (TPSA) is 36.9 Å². The Hall–Kier alpha value is -0.600. The lowest BCUT2D eigenvalue weighted by Crippen LogP contribution is -2.27. The predicted molar refractivity (Wildman–Crippen MR) is 79.7 cm³/mol. The van der Waals surface area contributed by atoms with E-state index in [2.05, 4.69) is 39.5 Å². The van der Waals surface area contributed by atoms with Gasteiger partial charge in [-0.15, -0.1) is 0 Å². The number of rotatable bonds is 8. The lowest BCUT2D eigenvalue weighted by atomic mass is 10.1. The van der Waals surface area contributed by atoms with Gasteiger partial charge in [0.25, 0.3) is 0 Å². The summed E-state index contributed by atoms with van der Waals surface area (Å²) in [5.74, 6) is 6.86. The molecule has 0 aliphatic heterocycles. The minimum atomic E-state index is -0.687. The van der Waals surface area contributed by atoms with E-state index >= 15 is 0 Å². The van der Waals surface area contributed by atoms with E-state index in [9.17, 15) is 0 Å². The summed E-state index contributed by atoms with van der Waals surface area (Å²) in [6.07, 6.45) is 0. The summed E-state index contributed by atoms with van der Waals surface area (Å²) in [7, 11) is 0. The molecule has 0 aliphatic carbocycles. The van der Waals surface area contributed by atoms with Gasteiger partial charge in [-0.1, -0.05) is 39.5 Å². The molecule has 0 radical (unpaired) electrons. The van der Waals surface area contributed by atoms with Crippen molar-refractivity contribution in [2.24, 2.45) is 11.8 Å². The van der Waals surface area contributed by atoms with Crippen LogP contribution in [0, 0.1) is 23.7 Å². The van der Waals surface area contributed by atoms with Crippen LogP contribution in [-0.2, 0) is 19.6 Å². The molecule has 0 aromatic rings. The smallest absolute Gasteiger partial charge is 0.158 e. The molecule has 0 N–H and O–H groups in total. The Morgan fingerprint density at radius 1 is 0.700 bits per heavy atom. The Kier molecular flexibility index (Phi) is 8.38. The third kappa shape index (κ3) is 11.2. The maximum atomic E-state index is 5.31. The molecule has 0 rings (SSSR count). The highest BCUT2D eigenvalue weighted by Gasteiger charge is 2.21. The Morgan fingerprint density at radius 3 is 1.25 bits per heavy atom. The summed E-state index contributed by atoms with van der Waals surface area (Å²) in [5, 5.41) is 0.